The van der Waals surface area contributed by atoms with Gasteiger partial charge in [0.15, 0.2) is 0 Å². The van der Waals surface area contributed by atoms with Crippen molar-refractivity contribution in [2.24, 2.45) is 0 Å². The Balaban J connectivity index is 2.27. The van der Waals surface area contributed by atoms with Crippen LogP contribution >= 0.6 is 0 Å². The van der Waals surface area contributed by atoms with Crippen LogP contribution in [0, 0.1) is 0 Å². The van der Waals surface area contributed by atoms with Crippen LogP contribution in [0.2, 0.25) is 0 Å². The summed E-state index contributed by atoms with van der Waals surface area (Å²) in [5.74, 6) is -0.00310. The van der Waals surface area contributed by atoms with E-state index in [9.17, 15) is 4.79 Å². The lowest BCUT2D eigenvalue weighted by Crippen LogP contribution is -2.20. The van der Waals surface area contributed by atoms with E-state index in [4.69, 9.17) is 0 Å². The Morgan fingerprint density at radius 2 is 2.17 bits per heavy atom. The van der Waals surface area contributed by atoms with Gasteiger partial charge in [-0.2, -0.15) is 0 Å². The zero-order chi connectivity index (χ0) is 8.81. The average Bonchev–Trinajstić information content (AvgIpc) is 2.53. The Labute approximate surface area is 70.8 Å². The molecule has 0 spiro atoms. The Morgan fingerprint density at radius 1 is 1.50 bits per heavy atom. The van der Waals surface area contributed by atoms with E-state index < -0.39 is 0 Å². The second kappa shape index (κ2) is 4.48. The van der Waals surface area contributed by atoms with Crippen LogP contribution in [0.5, 0.6) is 0 Å². The van der Waals surface area contributed by atoms with Gasteiger partial charge in [0.25, 0.3) is 0 Å². The standard InChI is InChI=1S/C7H12N4O/c1-2-3-4-7(12)10-11-5-8-9-6-11/h5-6H,2-4H2,1H3,(H,10,12). The highest BCUT2D eigenvalue weighted by molar-refractivity contribution is 5.83. The molecule has 0 saturated carbocycles. The topological polar surface area (TPSA) is 59.8 Å². The van der Waals surface area contributed by atoms with Crippen LogP contribution in [-0.2, 0) is 4.79 Å². The fourth-order valence-electron chi connectivity index (χ4n) is 0.796. The lowest BCUT2D eigenvalue weighted by molar-refractivity contribution is -0.117. The number of nitrogens with zero attached hydrogens (tertiary/aromatic N) is 3. The fourth-order valence-corrected chi connectivity index (χ4v) is 0.796. The van der Waals surface area contributed by atoms with Crippen molar-refractivity contribution in [1.82, 2.24) is 14.9 Å². The summed E-state index contributed by atoms with van der Waals surface area (Å²) in [7, 11) is 0. The van der Waals surface area contributed by atoms with E-state index in [1.807, 2.05) is 6.92 Å². The molecule has 5 heteroatoms. The molecule has 0 atom stereocenters. The van der Waals surface area contributed by atoms with Gasteiger partial charge in [0.2, 0.25) is 5.91 Å². The molecule has 0 fully saturated rings. The second-order valence-corrected chi connectivity index (χ2v) is 2.51. The Morgan fingerprint density at radius 3 is 2.75 bits per heavy atom. The van der Waals surface area contributed by atoms with Crippen molar-refractivity contribution in [3.63, 3.8) is 0 Å². The van der Waals surface area contributed by atoms with Gasteiger partial charge in [-0.1, -0.05) is 13.3 Å². The number of amides is 1. The quantitative estimate of drug-likeness (QED) is 0.713. The van der Waals surface area contributed by atoms with Crippen LogP contribution in [0.4, 0.5) is 0 Å². The van der Waals surface area contributed by atoms with Crippen LogP contribution in [0.15, 0.2) is 12.7 Å². The summed E-state index contributed by atoms with van der Waals surface area (Å²) in [5, 5.41) is 7.11. The highest BCUT2D eigenvalue weighted by Crippen LogP contribution is 1.93. The van der Waals surface area contributed by atoms with Gasteiger partial charge in [-0.05, 0) is 6.42 Å². The van der Waals surface area contributed by atoms with Crippen molar-refractivity contribution in [1.29, 1.82) is 0 Å². The first-order valence-electron chi connectivity index (χ1n) is 3.97. The van der Waals surface area contributed by atoms with E-state index in [0.717, 1.165) is 12.8 Å². The number of hydrogen-bond donors (Lipinski definition) is 1. The van der Waals surface area contributed by atoms with E-state index >= 15 is 0 Å². The van der Waals surface area contributed by atoms with E-state index in [1.165, 1.54) is 17.3 Å². The molecule has 0 aliphatic rings. The SMILES string of the molecule is CCCCC(=O)Nn1cnnc1. The lowest BCUT2D eigenvalue weighted by atomic mass is 10.2. The third-order valence-electron chi connectivity index (χ3n) is 1.43. The van der Waals surface area contributed by atoms with Crippen LogP contribution in [-0.4, -0.2) is 20.8 Å². The molecule has 1 N–H and O–H groups in total. The minimum absolute atomic E-state index is 0.00310. The average molecular weight is 168 g/mol. The van der Waals surface area contributed by atoms with Crippen LogP contribution in [0.25, 0.3) is 0 Å². The zero-order valence-corrected chi connectivity index (χ0v) is 7.03. The molecule has 0 aliphatic carbocycles. The molecule has 5 nitrogen and oxygen atoms in total. The van der Waals surface area contributed by atoms with E-state index in [2.05, 4.69) is 15.6 Å². The maximum absolute atomic E-state index is 11.1. The maximum atomic E-state index is 11.1. The lowest BCUT2D eigenvalue weighted by Gasteiger charge is -2.02. The molecule has 0 unspecified atom stereocenters. The van der Waals surface area contributed by atoms with Gasteiger partial charge in [-0.15, -0.1) is 10.2 Å². The van der Waals surface area contributed by atoms with Crippen molar-refractivity contribution in [3.05, 3.63) is 12.7 Å². The number of hydrogen-bond acceptors (Lipinski definition) is 3. The minimum Gasteiger partial charge on any atom is -0.273 e. The molecule has 0 aliphatic heterocycles. The van der Waals surface area contributed by atoms with Gasteiger partial charge >= 0.3 is 0 Å². The molecule has 0 aromatic carbocycles. The molecule has 1 rings (SSSR count). The Hall–Kier alpha value is -1.39. The van der Waals surface area contributed by atoms with Crippen molar-refractivity contribution in [2.45, 2.75) is 26.2 Å². The summed E-state index contributed by atoms with van der Waals surface area (Å²) >= 11 is 0. The predicted octanol–water partition coefficient (Wildman–Crippen LogP) is 0.538. The number of nitrogens with one attached hydrogen (secondary N) is 1. The van der Waals surface area contributed by atoms with Crippen molar-refractivity contribution >= 4 is 5.91 Å². The zero-order valence-electron chi connectivity index (χ0n) is 7.03. The Kier molecular flexibility index (Phi) is 3.25. The fraction of sp³-hybridized carbons (Fsp3) is 0.571. The predicted molar refractivity (Wildman–Crippen MR) is 43.9 cm³/mol. The maximum Gasteiger partial charge on any atom is 0.238 e. The summed E-state index contributed by atoms with van der Waals surface area (Å²) in [4.78, 5) is 11.1. The summed E-state index contributed by atoms with van der Waals surface area (Å²) in [6.07, 6.45) is 5.38. The number of aromatic nitrogens is 3. The van der Waals surface area contributed by atoms with Crippen LogP contribution in [0.1, 0.15) is 26.2 Å². The number of carbonyl (C=O) groups is 1. The first kappa shape index (κ1) is 8.70. The van der Waals surface area contributed by atoms with Gasteiger partial charge in [0.1, 0.15) is 12.7 Å². The van der Waals surface area contributed by atoms with E-state index in [0.29, 0.717) is 6.42 Å². The molecule has 1 aromatic rings. The third-order valence-corrected chi connectivity index (χ3v) is 1.43. The van der Waals surface area contributed by atoms with Crippen LogP contribution < -0.4 is 5.43 Å². The first-order valence-corrected chi connectivity index (χ1v) is 3.97. The van der Waals surface area contributed by atoms with Crippen molar-refractivity contribution in [2.75, 3.05) is 5.43 Å². The van der Waals surface area contributed by atoms with Crippen LogP contribution in [0.3, 0.4) is 0 Å². The third kappa shape index (κ3) is 2.69. The second-order valence-electron chi connectivity index (χ2n) is 2.51. The van der Waals surface area contributed by atoms with Crippen molar-refractivity contribution < 1.29 is 4.79 Å². The van der Waals surface area contributed by atoms with E-state index in [-0.39, 0.29) is 5.91 Å². The molecular weight excluding hydrogens is 156 g/mol. The molecular formula is C7H12N4O. The number of rotatable bonds is 4. The summed E-state index contributed by atoms with van der Waals surface area (Å²) < 4.78 is 1.44. The number of unbranched alkanes of at least 4 members (excludes halogenated alkanes) is 1. The highest BCUT2D eigenvalue weighted by atomic mass is 16.2. The first-order chi connectivity index (χ1) is 5.83. The monoisotopic (exact) mass is 168 g/mol. The Bertz CT molecular complexity index is 232. The van der Waals surface area contributed by atoms with Gasteiger partial charge in [0, 0.05) is 6.42 Å². The van der Waals surface area contributed by atoms with Gasteiger partial charge < -0.3 is 0 Å². The smallest absolute Gasteiger partial charge is 0.238 e. The molecule has 1 heterocycles. The van der Waals surface area contributed by atoms with Gasteiger partial charge in [-0.25, -0.2) is 4.68 Å². The molecule has 0 radical (unpaired) electrons. The highest BCUT2D eigenvalue weighted by Gasteiger charge is 1.99. The number of carbonyl (C=O) groups excluding carboxylic acids is 1. The summed E-state index contributed by atoms with van der Waals surface area (Å²) in [5.41, 5.74) is 2.61. The van der Waals surface area contributed by atoms with Gasteiger partial charge in [-0.3, -0.25) is 10.2 Å². The van der Waals surface area contributed by atoms with Crippen molar-refractivity contribution in [3.8, 4) is 0 Å². The summed E-state index contributed by atoms with van der Waals surface area (Å²) in [6, 6.07) is 0. The molecule has 0 saturated heterocycles. The largest absolute Gasteiger partial charge is 0.273 e. The minimum atomic E-state index is -0.00310. The van der Waals surface area contributed by atoms with E-state index in [1.54, 1.807) is 0 Å². The molecule has 12 heavy (non-hydrogen) atoms. The molecule has 66 valence electrons. The molecule has 0 bridgehead atoms. The van der Waals surface area contributed by atoms with Gasteiger partial charge in [0.05, 0.1) is 0 Å². The normalized spacial score (nSPS) is 9.75. The molecule has 1 amide bonds. The molecule has 1 aromatic heterocycles. The summed E-state index contributed by atoms with van der Waals surface area (Å²) in [6.45, 7) is 2.05.